The summed E-state index contributed by atoms with van der Waals surface area (Å²) >= 11 is 6.35. The van der Waals surface area contributed by atoms with Crippen molar-refractivity contribution in [1.29, 1.82) is 0 Å². The molecule has 2 aromatic rings. The monoisotopic (exact) mass is 290 g/mol. The Morgan fingerprint density at radius 2 is 2.15 bits per heavy atom. The van der Waals surface area contributed by atoms with Gasteiger partial charge in [0.1, 0.15) is 11.4 Å². The Morgan fingerprint density at radius 3 is 2.85 bits per heavy atom. The molecule has 0 aliphatic heterocycles. The highest BCUT2D eigenvalue weighted by Crippen LogP contribution is 2.30. The van der Waals surface area contributed by atoms with Crippen LogP contribution in [0.3, 0.4) is 0 Å². The Hall–Kier alpha value is -1.58. The van der Waals surface area contributed by atoms with Gasteiger partial charge in [0.15, 0.2) is 0 Å². The highest BCUT2D eigenvalue weighted by Gasteiger charge is 2.09. The highest BCUT2D eigenvalue weighted by molar-refractivity contribution is 6.31. The lowest BCUT2D eigenvalue weighted by Crippen LogP contribution is -2.14. The Kier molecular flexibility index (Phi) is 5.39. The number of pyridine rings is 1. The first-order valence-electron chi connectivity index (χ1n) is 6.74. The van der Waals surface area contributed by atoms with Gasteiger partial charge in [0.25, 0.3) is 0 Å². The fourth-order valence-corrected chi connectivity index (χ4v) is 2.26. The fourth-order valence-electron chi connectivity index (χ4n) is 2.01. The van der Waals surface area contributed by atoms with Crippen molar-refractivity contribution in [3.8, 4) is 17.0 Å². The summed E-state index contributed by atoms with van der Waals surface area (Å²) in [5.74, 6) is 0.750. The van der Waals surface area contributed by atoms with Crippen LogP contribution in [0.5, 0.6) is 5.75 Å². The van der Waals surface area contributed by atoms with Crippen LogP contribution in [0.2, 0.25) is 5.02 Å². The maximum atomic E-state index is 6.35. The van der Waals surface area contributed by atoms with E-state index in [4.69, 9.17) is 16.3 Å². The molecule has 0 aliphatic carbocycles. The maximum absolute atomic E-state index is 6.35. The lowest BCUT2D eigenvalue weighted by molar-refractivity contribution is 0.415. The number of hydrogen-bond donors (Lipinski definition) is 1. The van der Waals surface area contributed by atoms with Crippen LogP contribution in [-0.2, 0) is 6.54 Å². The Balaban J connectivity index is 2.24. The number of ether oxygens (including phenoxy) is 1. The minimum absolute atomic E-state index is 0.749. The minimum atomic E-state index is 0.749. The predicted molar refractivity (Wildman–Crippen MR) is 83.2 cm³/mol. The van der Waals surface area contributed by atoms with Gasteiger partial charge in [-0.3, -0.25) is 4.98 Å². The van der Waals surface area contributed by atoms with E-state index < -0.39 is 0 Å². The standard InChI is InChI=1S/C16H19ClN2O/c1-3-8-18-11-13-7-6-12(10-14(13)17)16-15(20-2)5-4-9-19-16/h4-7,9-10,18H,3,8,11H2,1-2H3. The molecule has 0 unspecified atom stereocenters. The largest absolute Gasteiger partial charge is 0.494 e. The summed E-state index contributed by atoms with van der Waals surface area (Å²) in [6.07, 6.45) is 2.86. The molecule has 1 aromatic heterocycles. The van der Waals surface area contributed by atoms with Crippen LogP contribution in [0, 0.1) is 0 Å². The van der Waals surface area contributed by atoms with Crippen molar-refractivity contribution in [2.45, 2.75) is 19.9 Å². The molecule has 106 valence electrons. The Morgan fingerprint density at radius 1 is 1.30 bits per heavy atom. The normalized spacial score (nSPS) is 10.6. The molecule has 3 nitrogen and oxygen atoms in total. The topological polar surface area (TPSA) is 34.2 Å². The summed E-state index contributed by atoms with van der Waals surface area (Å²) < 4.78 is 5.33. The van der Waals surface area contributed by atoms with Crippen LogP contribution in [0.1, 0.15) is 18.9 Å². The molecular formula is C16H19ClN2O. The van der Waals surface area contributed by atoms with Gasteiger partial charge >= 0.3 is 0 Å². The summed E-state index contributed by atoms with van der Waals surface area (Å²) in [5, 5.41) is 4.10. The third-order valence-corrected chi connectivity index (χ3v) is 3.41. The molecule has 0 saturated heterocycles. The summed E-state index contributed by atoms with van der Waals surface area (Å²) in [7, 11) is 1.64. The molecule has 0 radical (unpaired) electrons. The van der Waals surface area contributed by atoms with Crippen LogP contribution in [0.4, 0.5) is 0 Å². The van der Waals surface area contributed by atoms with Gasteiger partial charge in [0.05, 0.1) is 7.11 Å². The van der Waals surface area contributed by atoms with Crippen molar-refractivity contribution in [3.05, 3.63) is 47.1 Å². The molecule has 1 heterocycles. The summed E-state index contributed by atoms with van der Waals surface area (Å²) in [4.78, 5) is 4.37. The number of nitrogens with one attached hydrogen (secondary N) is 1. The number of benzene rings is 1. The van der Waals surface area contributed by atoms with Gasteiger partial charge in [-0.1, -0.05) is 30.7 Å². The van der Waals surface area contributed by atoms with Crippen molar-refractivity contribution in [2.75, 3.05) is 13.7 Å². The van der Waals surface area contributed by atoms with E-state index in [1.807, 2.05) is 30.3 Å². The molecule has 1 aromatic carbocycles. The molecule has 20 heavy (non-hydrogen) atoms. The van der Waals surface area contributed by atoms with Gasteiger partial charge in [-0.2, -0.15) is 0 Å². The molecule has 0 fully saturated rings. The Bertz CT molecular complexity index is 572. The fraction of sp³-hybridized carbons (Fsp3) is 0.312. The molecule has 0 atom stereocenters. The number of aromatic nitrogens is 1. The molecule has 1 N–H and O–H groups in total. The van der Waals surface area contributed by atoms with Gasteiger partial charge < -0.3 is 10.1 Å². The second-order valence-electron chi connectivity index (χ2n) is 4.54. The van der Waals surface area contributed by atoms with E-state index in [0.717, 1.165) is 47.1 Å². The van der Waals surface area contributed by atoms with Crippen LogP contribution < -0.4 is 10.1 Å². The van der Waals surface area contributed by atoms with Crippen molar-refractivity contribution in [2.24, 2.45) is 0 Å². The van der Waals surface area contributed by atoms with Gasteiger partial charge in [-0.15, -0.1) is 0 Å². The molecule has 0 saturated carbocycles. The third kappa shape index (κ3) is 3.50. The zero-order valence-corrected chi connectivity index (χ0v) is 12.6. The number of methoxy groups -OCH3 is 1. The zero-order chi connectivity index (χ0) is 14.4. The summed E-state index contributed by atoms with van der Waals surface area (Å²) in [6.45, 7) is 3.92. The second-order valence-corrected chi connectivity index (χ2v) is 4.94. The first-order valence-corrected chi connectivity index (χ1v) is 7.12. The van der Waals surface area contributed by atoms with Crippen molar-refractivity contribution < 1.29 is 4.74 Å². The van der Waals surface area contributed by atoms with Crippen molar-refractivity contribution in [1.82, 2.24) is 10.3 Å². The molecule has 0 aliphatic rings. The SMILES string of the molecule is CCCNCc1ccc(-c2ncccc2OC)cc1Cl. The third-order valence-electron chi connectivity index (χ3n) is 3.06. The second kappa shape index (κ2) is 7.27. The van der Waals surface area contributed by atoms with E-state index in [9.17, 15) is 0 Å². The van der Waals surface area contributed by atoms with Crippen LogP contribution in [0.15, 0.2) is 36.5 Å². The van der Waals surface area contributed by atoms with Gasteiger partial charge in [-0.05, 0) is 36.7 Å². The molecule has 4 heteroatoms. The first-order chi connectivity index (χ1) is 9.76. The lowest BCUT2D eigenvalue weighted by Gasteiger charge is -2.10. The molecular weight excluding hydrogens is 272 g/mol. The van der Waals surface area contributed by atoms with Crippen molar-refractivity contribution >= 4 is 11.6 Å². The van der Waals surface area contributed by atoms with E-state index in [0.29, 0.717) is 0 Å². The average Bonchev–Trinajstić information content (AvgIpc) is 2.49. The van der Waals surface area contributed by atoms with Crippen LogP contribution in [0.25, 0.3) is 11.3 Å². The van der Waals surface area contributed by atoms with E-state index in [-0.39, 0.29) is 0 Å². The molecule has 0 amide bonds. The molecule has 2 rings (SSSR count). The quantitative estimate of drug-likeness (QED) is 0.819. The minimum Gasteiger partial charge on any atom is -0.494 e. The van der Waals surface area contributed by atoms with E-state index in [1.165, 1.54) is 0 Å². The van der Waals surface area contributed by atoms with Gasteiger partial charge in [-0.25, -0.2) is 0 Å². The molecule has 0 spiro atoms. The highest BCUT2D eigenvalue weighted by atomic mass is 35.5. The molecule has 0 bridgehead atoms. The number of nitrogens with zero attached hydrogens (tertiary/aromatic N) is 1. The van der Waals surface area contributed by atoms with E-state index in [1.54, 1.807) is 13.3 Å². The van der Waals surface area contributed by atoms with Crippen molar-refractivity contribution in [3.63, 3.8) is 0 Å². The van der Waals surface area contributed by atoms with Gasteiger partial charge in [0.2, 0.25) is 0 Å². The maximum Gasteiger partial charge on any atom is 0.145 e. The lowest BCUT2D eigenvalue weighted by atomic mass is 10.1. The summed E-state index contributed by atoms with van der Waals surface area (Å²) in [6, 6.07) is 9.75. The predicted octanol–water partition coefficient (Wildman–Crippen LogP) is 3.91. The number of hydrogen-bond acceptors (Lipinski definition) is 3. The number of rotatable bonds is 6. The Labute approximate surface area is 124 Å². The van der Waals surface area contributed by atoms with Gasteiger partial charge in [0, 0.05) is 23.3 Å². The summed E-state index contributed by atoms with van der Waals surface area (Å²) in [5.41, 5.74) is 2.87. The number of halogens is 1. The van der Waals surface area contributed by atoms with E-state index >= 15 is 0 Å². The van der Waals surface area contributed by atoms with Crippen LogP contribution >= 0.6 is 11.6 Å². The average molecular weight is 291 g/mol. The first kappa shape index (κ1) is 14.8. The zero-order valence-electron chi connectivity index (χ0n) is 11.8. The van der Waals surface area contributed by atoms with Crippen LogP contribution in [-0.4, -0.2) is 18.6 Å². The van der Waals surface area contributed by atoms with E-state index in [2.05, 4.69) is 17.2 Å². The smallest absolute Gasteiger partial charge is 0.145 e.